The number of sulfonamides is 1. The van der Waals surface area contributed by atoms with E-state index < -0.39 is 33.7 Å². The van der Waals surface area contributed by atoms with Crippen LogP contribution in [-0.4, -0.2) is 32.6 Å². The van der Waals surface area contributed by atoms with Gasteiger partial charge in [-0.2, -0.15) is 0 Å². The molecule has 9 heteroatoms. The van der Waals surface area contributed by atoms with E-state index in [1.807, 2.05) is 25.1 Å². The first-order valence-electron chi connectivity index (χ1n) is 12.8. The lowest BCUT2D eigenvalue weighted by Gasteiger charge is -2.55. The molecule has 0 heterocycles. The number of ether oxygens (including phenoxy) is 2. The molecule has 0 amide bonds. The molecule has 0 aliphatic heterocycles. The van der Waals surface area contributed by atoms with Gasteiger partial charge in [-0.05, 0) is 85.4 Å². The number of hydrogen-bond acceptors (Lipinski definition) is 6. The highest BCUT2D eigenvalue weighted by Crippen LogP contribution is 2.64. The van der Waals surface area contributed by atoms with Crippen LogP contribution in [0.25, 0.3) is 0 Å². The highest BCUT2D eigenvalue weighted by molar-refractivity contribution is 7.89. The van der Waals surface area contributed by atoms with Crippen molar-refractivity contribution in [2.24, 2.45) is 22.4 Å². The second-order valence-electron chi connectivity index (χ2n) is 11.1. The predicted molar refractivity (Wildman–Crippen MR) is 139 cm³/mol. The minimum atomic E-state index is -4.00. The number of esters is 2. The molecule has 5 rings (SSSR count). The number of rotatable bonds is 5. The monoisotopic (exact) mass is 541 g/mol. The van der Waals surface area contributed by atoms with Crippen LogP contribution in [0, 0.1) is 17.3 Å². The second kappa shape index (κ2) is 9.31. The summed E-state index contributed by atoms with van der Waals surface area (Å²) in [5, 5.41) is 5.19. The van der Waals surface area contributed by atoms with E-state index in [2.05, 4.69) is 6.58 Å². The number of carbonyl (C=O) groups is 2. The fraction of sp³-hybridized carbons (Fsp3) is 0.448. The Balaban J connectivity index is 1.41. The van der Waals surface area contributed by atoms with Crippen LogP contribution in [0.1, 0.15) is 61.0 Å². The van der Waals surface area contributed by atoms with Gasteiger partial charge in [0.25, 0.3) is 0 Å². The molecule has 38 heavy (non-hydrogen) atoms. The summed E-state index contributed by atoms with van der Waals surface area (Å²) in [4.78, 5) is 24.2. The summed E-state index contributed by atoms with van der Waals surface area (Å²) in [6, 6.07) is 11.0. The van der Waals surface area contributed by atoms with E-state index in [0.717, 1.165) is 30.0 Å². The van der Waals surface area contributed by atoms with Gasteiger partial charge in [0, 0.05) is 17.8 Å². The van der Waals surface area contributed by atoms with Gasteiger partial charge in [0.2, 0.25) is 10.0 Å². The Bertz CT molecular complexity index is 1420. The molecule has 2 fully saturated rings. The Morgan fingerprint density at radius 1 is 1.16 bits per heavy atom. The predicted octanol–water partition coefficient (Wildman–Crippen LogP) is 4.63. The summed E-state index contributed by atoms with van der Waals surface area (Å²) >= 11 is 0. The van der Waals surface area contributed by atoms with E-state index in [1.165, 1.54) is 25.1 Å². The lowest BCUT2D eigenvalue weighted by Crippen LogP contribution is -2.51. The summed E-state index contributed by atoms with van der Waals surface area (Å²) in [7, 11) is -4.00. The topological polar surface area (TPSA) is 113 Å². The molecular formula is C29H32FNO6S. The third-order valence-corrected chi connectivity index (χ3v) is 10.0. The number of alkyl halides is 1. The number of benzene rings is 2. The molecular weight excluding hydrogens is 509 g/mol. The van der Waals surface area contributed by atoms with Gasteiger partial charge in [-0.15, -0.1) is 6.58 Å². The number of aryl methyl sites for hydroxylation is 1. The van der Waals surface area contributed by atoms with Crippen molar-refractivity contribution in [1.29, 1.82) is 0 Å². The Morgan fingerprint density at radius 3 is 2.61 bits per heavy atom. The van der Waals surface area contributed by atoms with Crippen LogP contribution in [0.4, 0.5) is 4.39 Å². The number of primary sulfonamides is 1. The molecule has 0 saturated heterocycles. The average molecular weight is 542 g/mol. The molecule has 3 aliphatic rings. The smallest absolute Gasteiger partial charge is 0.338 e. The van der Waals surface area contributed by atoms with Crippen LogP contribution < -0.4 is 9.88 Å². The maximum absolute atomic E-state index is 16.0. The van der Waals surface area contributed by atoms with Crippen molar-refractivity contribution in [3.8, 4) is 5.75 Å². The van der Waals surface area contributed by atoms with Gasteiger partial charge in [0.15, 0.2) is 0 Å². The van der Waals surface area contributed by atoms with Gasteiger partial charge in [-0.1, -0.05) is 25.1 Å². The van der Waals surface area contributed by atoms with Gasteiger partial charge >= 0.3 is 11.9 Å². The quantitative estimate of drug-likeness (QED) is 0.336. The van der Waals surface area contributed by atoms with Gasteiger partial charge in [-0.3, -0.25) is 4.79 Å². The normalized spacial score (nSPS) is 31.9. The maximum Gasteiger partial charge on any atom is 0.338 e. The second-order valence-corrected chi connectivity index (χ2v) is 12.6. The molecule has 2 aromatic rings. The van der Waals surface area contributed by atoms with Crippen LogP contribution in [0.3, 0.4) is 0 Å². The molecule has 2 N–H and O–H groups in total. The molecule has 0 radical (unpaired) electrons. The Hall–Kier alpha value is -3.04. The Morgan fingerprint density at radius 2 is 1.92 bits per heavy atom. The fourth-order valence-electron chi connectivity index (χ4n) is 7.28. The van der Waals surface area contributed by atoms with Crippen molar-refractivity contribution in [1.82, 2.24) is 0 Å². The summed E-state index contributed by atoms with van der Waals surface area (Å²) in [6.45, 7) is 7.52. The zero-order chi connectivity index (χ0) is 27.5. The molecule has 2 saturated carbocycles. The first-order chi connectivity index (χ1) is 17.9. The molecule has 0 spiro atoms. The molecule has 0 bridgehead atoms. The molecule has 202 valence electrons. The number of fused-ring (bicyclic) bond motifs is 5. The van der Waals surface area contributed by atoms with Crippen molar-refractivity contribution < 1.29 is 31.9 Å². The zero-order valence-electron chi connectivity index (χ0n) is 21.5. The number of carbonyl (C=O) groups excluding carboxylic acids is 2. The molecule has 6 atom stereocenters. The number of nitrogens with two attached hydrogens (primary N) is 1. The summed E-state index contributed by atoms with van der Waals surface area (Å²) < 4.78 is 50.4. The third kappa shape index (κ3) is 4.25. The van der Waals surface area contributed by atoms with E-state index >= 15 is 4.39 Å². The third-order valence-electron chi connectivity index (χ3n) is 9.10. The molecule has 0 aromatic heterocycles. The minimum Gasteiger partial charge on any atom is -0.456 e. The van der Waals surface area contributed by atoms with Crippen LogP contribution in [0.5, 0.6) is 5.75 Å². The van der Waals surface area contributed by atoms with E-state index in [9.17, 15) is 18.0 Å². The van der Waals surface area contributed by atoms with E-state index in [4.69, 9.17) is 14.6 Å². The molecule has 2 aromatic carbocycles. The number of allylic oxidation sites excluding steroid dienone is 1. The molecule has 2 unspecified atom stereocenters. The van der Waals surface area contributed by atoms with E-state index in [1.54, 1.807) is 6.07 Å². The summed E-state index contributed by atoms with van der Waals surface area (Å²) in [6.07, 6.45) is 2.96. The summed E-state index contributed by atoms with van der Waals surface area (Å²) in [5.41, 5.74) is 1.24. The van der Waals surface area contributed by atoms with E-state index in [0.29, 0.717) is 25.0 Å². The lowest BCUT2D eigenvalue weighted by molar-refractivity contribution is -0.131. The van der Waals surface area contributed by atoms with Gasteiger partial charge in [-0.25, -0.2) is 22.7 Å². The Labute approximate surface area is 222 Å². The zero-order valence-corrected chi connectivity index (χ0v) is 22.3. The van der Waals surface area contributed by atoms with E-state index in [-0.39, 0.29) is 33.7 Å². The fourth-order valence-corrected chi connectivity index (χ4v) is 7.84. The van der Waals surface area contributed by atoms with Crippen molar-refractivity contribution in [2.75, 3.05) is 0 Å². The van der Waals surface area contributed by atoms with Crippen LogP contribution in [-0.2, 0) is 31.4 Å². The van der Waals surface area contributed by atoms with Crippen molar-refractivity contribution in [3.63, 3.8) is 0 Å². The molecule has 3 aliphatic carbocycles. The molecule has 7 nitrogen and oxygen atoms in total. The summed E-state index contributed by atoms with van der Waals surface area (Å²) in [5.74, 6) is -0.565. The SMILES string of the molecule is C=C[C@]12CC[C@@]3(C)C(C[C@@H](OC(=O)c4cccc(S(N)(=O)=O)c4)[C@@H]3F)C1CCc1cc(OC(C)=O)ccc12. The van der Waals surface area contributed by atoms with Gasteiger partial charge in [0.05, 0.1) is 10.5 Å². The Kier molecular flexibility index (Phi) is 6.51. The highest BCUT2D eigenvalue weighted by atomic mass is 32.2. The van der Waals surface area contributed by atoms with Crippen LogP contribution in [0.2, 0.25) is 0 Å². The maximum atomic E-state index is 16.0. The first-order valence-corrected chi connectivity index (χ1v) is 14.4. The largest absolute Gasteiger partial charge is 0.456 e. The van der Waals surface area contributed by atoms with Crippen molar-refractivity contribution >= 4 is 22.0 Å². The highest BCUT2D eigenvalue weighted by Gasteiger charge is 2.63. The minimum absolute atomic E-state index is 0.0133. The average Bonchev–Trinajstić information content (AvgIpc) is 3.12. The van der Waals surface area contributed by atoms with Gasteiger partial charge in [0.1, 0.15) is 18.0 Å². The lowest BCUT2D eigenvalue weighted by atomic mass is 9.48. The number of hydrogen-bond donors (Lipinski definition) is 1. The van der Waals surface area contributed by atoms with Gasteiger partial charge < -0.3 is 9.47 Å². The standard InChI is InChI=1S/C29H32FNO6S/c1-4-29-13-12-28(3)24(23(29)10-8-18-14-20(36-17(2)32)9-11-22(18)29)16-25(26(28)30)37-27(33)19-6-5-7-21(15-19)38(31,34)35/h4-7,9,11,14-15,23-26H,1,8,10,12-13,16H2,2-3H3,(H2,31,34,35)/t23?,24?,25-,26+,28+,29-/m1/s1. The van der Waals surface area contributed by atoms with Crippen molar-refractivity contribution in [3.05, 3.63) is 71.8 Å². The van der Waals surface area contributed by atoms with Crippen LogP contribution in [0.15, 0.2) is 60.0 Å². The first kappa shape index (κ1) is 26.6. The number of halogens is 1. The van der Waals surface area contributed by atoms with Crippen molar-refractivity contribution in [2.45, 2.75) is 68.5 Å². The van der Waals surface area contributed by atoms with Crippen LogP contribution >= 0.6 is 0 Å².